The van der Waals surface area contributed by atoms with Crippen LogP contribution in [-0.4, -0.2) is 18.2 Å². The number of ether oxygens (including phenoxy) is 1. The van der Waals surface area contributed by atoms with E-state index in [1.54, 1.807) is 13.2 Å². The molecule has 2 rings (SSSR count). The molecule has 0 aliphatic rings. The van der Waals surface area contributed by atoms with Crippen LogP contribution in [0.5, 0.6) is 5.75 Å². The molecule has 0 heterocycles. The first-order valence-corrected chi connectivity index (χ1v) is 5.65. The molecule has 0 aliphatic carbocycles. The van der Waals surface area contributed by atoms with Crippen LogP contribution in [0.4, 0.5) is 0 Å². The lowest BCUT2D eigenvalue weighted by molar-refractivity contribution is -0.136. The second-order valence-electron chi connectivity index (χ2n) is 3.97. The lowest BCUT2D eigenvalue weighted by atomic mass is 10.0. The van der Waals surface area contributed by atoms with E-state index in [1.807, 2.05) is 42.5 Å². The lowest BCUT2D eigenvalue weighted by Gasteiger charge is -2.10. The Balaban J connectivity index is 2.41. The summed E-state index contributed by atoms with van der Waals surface area (Å²) in [5, 5.41) is 8.78. The number of benzene rings is 2. The Bertz CT molecular complexity index is 547. The fourth-order valence-electron chi connectivity index (χ4n) is 1.88. The van der Waals surface area contributed by atoms with Crippen LogP contribution in [0.1, 0.15) is 5.56 Å². The molecule has 0 radical (unpaired) electrons. The smallest absolute Gasteiger partial charge is 0.307 e. The summed E-state index contributed by atoms with van der Waals surface area (Å²) < 4.78 is 5.33. The van der Waals surface area contributed by atoms with Crippen molar-refractivity contribution in [2.24, 2.45) is 0 Å². The van der Waals surface area contributed by atoms with Gasteiger partial charge < -0.3 is 9.84 Å². The monoisotopic (exact) mass is 242 g/mol. The molecule has 1 N–H and O–H groups in total. The van der Waals surface area contributed by atoms with Gasteiger partial charge in [-0.1, -0.05) is 42.5 Å². The molecule has 2 aromatic carbocycles. The fraction of sp³-hybridized carbons (Fsp3) is 0.133. The molecule has 0 unspecified atom stereocenters. The summed E-state index contributed by atoms with van der Waals surface area (Å²) >= 11 is 0. The standard InChI is InChI=1S/C15H14O3/c1-18-14-9-11(10-15(16)17)7-8-13(14)12-5-3-2-4-6-12/h2-9H,10H2,1H3,(H,16,17). The predicted octanol–water partition coefficient (Wildman–Crippen LogP) is 2.99. The number of carboxylic acid groups (broad SMARTS) is 1. The van der Waals surface area contributed by atoms with Crippen LogP contribution >= 0.6 is 0 Å². The van der Waals surface area contributed by atoms with Crippen molar-refractivity contribution < 1.29 is 14.6 Å². The van der Waals surface area contributed by atoms with Gasteiger partial charge in [0.15, 0.2) is 0 Å². The van der Waals surface area contributed by atoms with Gasteiger partial charge in [-0.05, 0) is 17.2 Å². The Morgan fingerprint density at radius 3 is 2.50 bits per heavy atom. The Labute approximate surface area is 106 Å². The van der Waals surface area contributed by atoms with Crippen molar-refractivity contribution in [1.29, 1.82) is 0 Å². The van der Waals surface area contributed by atoms with Crippen LogP contribution in [0, 0.1) is 0 Å². The van der Waals surface area contributed by atoms with Gasteiger partial charge in [-0.3, -0.25) is 4.79 Å². The van der Waals surface area contributed by atoms with Crippen LogP contribution in [0.3, 0.4) is 0 Å². The van der Waals surface area contributed by atoms with E-state index in [-0.39, 0.29) is 6.42 Å². The first-order chi connectivity index (χ1) is 8.70. The highest BCUT2D eigenvalue weighted by atomic mass is 16.5. The van der Waals surface area contributed by atoms with E-state index in [1.165, 1.54) is 0 Å². The Morgan fingerprint density at radius 2 is 1.89 bits per heavy atom. The molecule has 0 spiro atoms. The minimum atomic E-state index is -0.843. The minimum Gasteiger partial charge on any atom is -0.496 e. The minimum absolute atomic E-state index is 0.00539. The highest BCUT2D eigenvalue weighted by Gasteiger charge is 2.08. The Hall–Kier alpha value is -2.29. The molecule has 2 aromatic rings. The summed E-state index contributed by atoms with van der Waals surface area (Å²) in [6.45, 7) is 0. The van der Waals surface area contributed by atoms with Gasteiger partial charge in [0.05, 0.1) is 13.5 Å². The van der Waals surface area contributed by atoms with E-state index < -0.39 is 5.97 Å². The molecule has 0 saturated carbocycles. The summed E-state index contributed by atoms with van der Waals surface area (Å²) in [4.78, 5) is 10.7. The van der Waals surface area contributed by atoms with Crippen LogP contribution in [-0.2, 0) is 11.2 Å². The molecule has 3 nitrogen and oxygen atoms in total. The molecule has 0 bridgehead atoms. The topological polar surface area (TPSA) is 46.5 Å². The van der Waals surface area contributed by atoms with Gasteiger partial charge in [0, 0.05) is 5.56 Å². The van der Waals surface area contributed by atoms with E-state index >= 15 is 0 Å². The van der Waals surface area contributed by atoms with Gasteiger partial charge in [-0.15, -0.1) is 0 Å². The quantitative estimate of drug-likeness (QED) is 0.896. The zero-order valence-electron chi connectivity index (χ0n) is 10.1. The molecule has 0 saturated heterocycles. The number of hydrogen-bond acceptors (Lipinski definition) is 2. The summed E-state index contributed by atoms with van der Waals surface area (Å²) in [5.74, 6) is -0.149. The summed E-state index contributed by atoms with van der Waals surface area (Å²) in [7, 11) is 1.59. The van der Waals surface area contributed by atoms with Crippen LogP contribution in [0.2, 0.25) is 0 Å². The lowest BCUT2D eigenvalue weighted by Crippen LogP contribution is -2.00. The SMILES string of the molecule is COc1cc(CC(=O)O)ccc1-c1ccccc1. The molecule has 18 heavy (non-hydrogen) atoms. The third kappa shape index (κ3) is 2.69. The summed E-state index contributed by atoms with van der Waals surface area (Å²) in [5.41, 5.74) is 2.75. The second-order valence-corrected chi connectivity index (χ2v) is 3.97. The highest BCUT2D eigenvalue weighted by molar-refractivity contribution is 5.74. The van der Waals surface area contributed by atoms with E-state index in [0.717, 1.165) is 16.7 Å². The number of methoxy groups -OCH3 is 1. The molecular formula is C15H14O3. The van der Waals surface area contributed by atoms with Crippen molar-refractivity contribution in [1.82, 2.24) is 0 Å². The van der Waals surface area contributed by atoms with Crippen molar-refractivity contribution >= 4 is 5.97 Å². The molecule has 0 aromatic heterocycles. The average Bonchev–Trinajstić information content (AvgIpc) is 2.39. The van der Waals surface area contributed by atoms with Crippen molar-refractivity contribution in [2.45, 2.75) is 6.42 Å². The zero-order chi connectivity index (χ0) is 13.0. The number of aliphatic carboxylic acids is 1. The van der Waals surface area contributed by atoms with Crippen LogP contribution < -0.4 is 4.74 Å². The number of carbonyl (C=O) groups is 1. The highest BCUT2D eigenvalue weighted by Crippen LogP contribution is 2.30. The summed E-state index contributed by atoms with van der Waals surface area (Å²) in [6.07, 6.45) is 0.00539. The molecule has 0 atom stereocenters. The molecule has 0 aliphatic heterocycles. The van der Waals surface area contributed by atoms with Gasteiger partial charge in [0.1, 0.15) is 5.75 Å². The van der Waals surface area contributed by atoms with E-state index in [2.05, 4.69) is 0 Å². The van der Waals surface area contributed by atoms with Crippen molar-refractivity contribution in [3.63, 3.8) is 0 Å². The molecule has 0 fully saturated rings. The van der Waals surface area contributed by atoms with Gasteiger partial charge in [0.2, 0.25) is 0 Å². The Morgan fingerprint density at radius 1 is 1.17 bits per heavy atom. The van der Waals surface area contributed by atoms with Crippen LogP contribution in [0.15, 0.2) is 48.5 Å². The van der Waals surface area contributed by atoms with E-state index in [4.69, 9.17) is 9.84 Å². The molecular weight excluding hydrogens is 228 g/mol. The van der Waals surface area contributed by atoms with Crippen LogP contribution in [0.25, 0.3) is 11.1 Å². The third-order valence-electron chi connectivity index (χ3n) is 2.71. The number of hydrogen-bond donors (Lipinski definition) is 1. The van der Waals surface area contributed by atoms with Crippen molar-refractivity contribution in [3.8, 4) is 16.9 Å². The number of rotatable bonds is 4. The van der Waals surface area contributed by atoms with Gasteiger partial charge in [-0.25, -0.2) is 0 Å². The van der Waals surface area contributed by atoms with Gasteiger partial charge in [-0.2, -0.15) is 0 Å². The maximum Gasteiger partial charge on any atom is 0.307 e. The normalized spacial score (nSPS) is 10.1. The van der Waals surface area contributed by atoms with E-state index in [0.29, 0.717) is 5.75 Å². The maximum absolute atomic E-state index is 10.7. The molecule has 92 valence electrons. The van der Waals surface area contributed by atoms with Gasteiger partial charge >= 0.3 is 5.97 Å². The number of carboxylic acids is 1. The van der Waals surface area contributed by atoms with Crippen molar-refractivity contribution in [2.75, 3.05) is 7.11 Å². The molecule has 0 amide bonds. The Kier molecular flexibility index (Phi) is 3.63. The maximum atomic E-state index is 10.7. The van der Waals surface area contributed by atoms with Gasteiger partial charge in [0.25, 0.3) is 0 Å². The zero-order valence-corrected chi connectivity index (χ0v) is 10.1. The fourth-order valence-corrected chi connectivity index (χ4v) is 1.88. The van der Waals surface area contributed by atoms with Crippen molar-refractivity contribution in [3.05, 3.63) is 54.1 Å². The third-order valence-corrected chi connectivity index (χ3v) is 2.71. The summed E-state index contributed by atoms with van der Waals surface area (Å²) in [6, 6.07) is 15.3. The molecule has 3 heteroatoms. The predicted molar refractivity (Wildman–Crippen MR) is 69.8 cm³/mol. The van der Waals surface area contributed by atoms with E-state index in [9.17, 15) is 4.79 Å². The largest absolute Gasteiger partial charge is 0.496 e. The first kappa shape index (κ1) is 12.2. The first-order valence-electron chi connectivity index (χ1n) is 5.65. The average molecular weight is 242 g/mol. The second kappa shape index (κ2) is 5.36.